The zero-order chi connectivity index (χ0) is 22.1. The molecule has 1 N–H and O–H groups in total. The summed E-state index contributed by atoms with van der Waals surface area (Å²) in [4.78, 5) is 17.5. The van der Waals surface area contributed by atoms with Crippen molar-refractivity contribution in [3.05, 3.63) is 87.8 Å². The Labute approximate surface area is 205 Å². The number of amides is 1. The normalized spacial score (nSPS) is 11.1. The second kappa shape index (κ2) is 9.02. The lowest BCUT2D eigenvalue weighted by molar-refractivity contribution is -0.118. The molecule has 0 saturated carbocycles. The van der Waals surface area contributed by atoms with Gasteiger partial charge in [0.25, 0.3) is 5.91 Å². The first kappa shape index (κ1) is 21.1. The fourth-order valence-corrected chi connectivity index (χ4v) is 5.75. The second-order valence-corrected chi connectivity index (χ2v) is 9.94. The summed E-state index contributed by atoms with van der Waals surface area (Å²) in [6, 6.07) is 25.7. The molecule has 0 atom stereocenters. The molecule has 7 heteroatoms. The Morgan fingerprint density at radius 2 is 1.72 bits per heavy atom. The number of nitrogens with one attached hydrogen (secondary N) is 1. The Kier molecular flexibility index (Phi) is 5.95. The van der Waals surface area contributed by atoms with Gasteiger partial charge in [0.1, 0.15) is 10.8 Å². The Bertz CT molecular complexity index is 1430. The van der Waals surface area contributed by atoms with Crippen molar-refractivity contribution in [1.82, 2.24) is 4.98 Å². The lowest BCUT2D eigenvalue weighted by atomic mass is 10.1. The highest BCUT2D eigenvalue weighted by molar-refractivity contribution is 9.11. The molecule has 1 amide bonds. The van der Waals surface area contributed by atoms with Crippen LogP contribution in [0, 0.1) is 0 Å². The fraction of sp³-hybridized carbons (Fsp3) is 0.0400. The molecular weight excluding hydrogens is 552 g/mol. The van der Waals surface area contributed by atoms with Crippen molar-refractivity contribution in [2.24, 2.45) is 0 Å². The van der Waals surface area contributed by atoms with Crippen LogP contribution in [0.2, 0.25) is 0 Å². The van der Waals surface area contributed by atoms with Gasteiger partial charge in [0.2, 0.25) is 0 Å². The number of anilines is 1. The molecule has 32 heavy (non-hydrogen) atoms. The van der Waals surface area contributed by atoms with Crippen LogP contribution in [0.15, 0.2) is 87.8 Å². The largest absolute Gasteiger partial charge is 0.484 e. The number of fused-ring (bicyclic) bond motifs is 2. The van der Waals surface area contributed by atoms with Crippen LogP contribution in [-0.4, -0.2) is 17.5 Å². The van der Waals surface area contributed by atoms with Gasteiger partial charge < -0.3 is 10.1 Å². The molecule has 4 aromatic carbocycles. The molecule has 0 aliphatic carbocycles. The van der Waals surface area contributed by atoms with Gasteiger partial charge >= 0.3 is 0 Å². The zero-order valence-corrected chi connectivity index (χ0v) is 20.6. The van der Waals surface area contributed by atoms with Gasteiger partial charge in [0.15, 0.2) is 6.61 Å². The van der Waals surface area contributed by atoms with Crippen LogP contribution in [0.1, 0.15) is 0 Å². The van der Waals surface area contributed by atoms with Crippen LogP contribution >= 0.6 is 43.2 Å². The predicted molar refractivity (Wildman–Crippen MR) is 139 cm³/mol. The van der Waals surface area contributed by atoms with Crippen LogP contribution < -0.4 is 10.1 Å². The lowest BCUT2D eigenvalue weighted by Gasteiger charge is -2.13. The van der Waals surface area contributed by atoms with Crippen molar-refractivity contribution in [2.45, 2.75) is 0 Å². The van der Waals surface area contributed by atoms with E-state index in [0.717, 1.165) is 40.5 Å². The monoisotopic (exact) mass is 566 g/mol. The molecule has 0 saturated heterocycles. The Morgan fingerprint density at radius 3 is 2.56 bits per heavy atom. The number of carbonyl (C=O) groups excluding carboxylic acids is 1. The molecule has 4 nitrogen and oxygen atoms in total. The number of nitrogens with zero attached hydrogens (tertiary/aromatic N) is 1. The first-order valence-electron chi connectivity index (χ1n) is 9.83. The second-order valence-electron chi connectivity index (χ2n) is 7.14. The summed E-state index contributed by atoms with van der Waals surface area (Å²) in [7, 11) is 0. The van der Waals surface area contributed by atoms with Crippen LogP contribution in [0.25, 0.3) is 31.6 Å². The van der Waals surface area contributed by atoms with Crippen molar-refractivity contribution in [1.29, 1.82) is 0 Å². The first-order chi connectivity index (χ1) is 15.6. The van der Waals surface area contributed by atoms with Gasteiger partial charge in [-0.15, -0.1) is 11.3 Å². The van der Waals surface area contributed by atoms with Gasteiger partial charge in [-0.1, -0.05) is 58.4 Å². The third kappa shape index (κ3) is 4.41. The van der Waals surface area contributed by atoms with Gasteiger partial charge in [-0.3, -0.25) is 4.79 Å². The molecule has 1 aromatic heterocycles. The van der Waals surface area contributed by atoms with Crippen molar-refractivity contribution in [3.63, 3.8) is 0 Å². The maximum atomic E-state index is 12.8. The maximum absolute atomic E-state index is 12.8. The van der Waals surface area contributed by atoms with E-state index >= 15 is 0 Å². The summed E-state index contributed by atoms with van der Waals surface area (Å²) in [6.07, 6.45) is 0. The quantitative estimate of drug-likeness (QED) is 0.237. The van der Waals surface area contributed by atoms with Crippen molar-refractivity contribution in [2.75, 3.05) is 11.9 Å². The molecule has 158 valence electrons. The summed E-state index contributed by atoms with van der Waals surface area (Å²) in [5.74, 6) is 0.406. The van der Waals surface area contributed by atoms with Crippen LogP contribution in [0.4, 0.5) is 5.69 Å². The van der Waals surface area contributed by atoms with E-state index < -0.39 is 0 Å². The van der Waals surface area contributed by atoms with Crippen LogP contribution in [0.3, 0.4) is 0 Å². The van der Waals surface area contributed by atoms with E-state index in [0.29, 0.717) is 11.4 Å². The number of carbonyl (C=O) groups is 1. The summed E-state index contributed by atoms with van der Waals surface area (Å²) < 4.78 is 8.51. The number of para-hydroxylation sites is 1. The number of rotatable bonds is 5. The van der Waals surface area contributed by atoms with E-state index in [4.69, 9.17) is 9.72 Å². The first-order valence-corrected chi connectivity index (χ1v) is 12.2. The minimum absolute atomic E-state index is 0.0971. The highest BCUT2D eigenvalue weighted by Gasteiger charge is 2.17. The highest BCUT2D eigenvalue weighted by Crippen LogP contribution is 2.40. The molecule has 0 aliphatic rings. The molecule has 1 heterocycles. The zero-order valence-electron chi connectivity index (χ0n) is 16.6. The average molecular weight is 568 g/mol. The molecule has 5 aromatic rings. The number of thiazole rings is 1. The van der Waals surface area contributed by atoms with E-state index in [2.05, 4.69) is 37.2 Å². The van der Waals surface area contributed by atoms with Gasteiger partial charge in [0.05, 0.1) is 15.9 Å². The van der Waals surface area contributed by atoms with Crippen molar-refractivity contribution in [3.8, 4) is 16.3 Å². The molecule has 0 bridgehead atoms. The SMILES string of the molecule is O=C(COc1ccc2ccccc2c1)Nc1c(Br)cc(Br)cc1-c1nc2ccccc2s1. The minimum atomic E-state index is -0.247. The molecule has 5 rings (SSSR count). The smallest absolute Gasteiger partial charge is 0.262 e. The number of hydrogen-bond donors (Lipinski definition) is 1. The molecule has 0 radical (unpaired) electrons. The predicted octanol–water partition coefficient (Wildman–Crippen LogP) is 7.66. The fourth-order valence-electron chi connectivity index (χ4n) is 3.44. The summed E-state index contributed by atoms with van der Waals surface area (Å²) in [5, 5.41) is 6.02. The lowest BCUT2D eigenvalue weighted by Crippen LogP contribution is -2.20. The Hall–Kier alpha value is -2.74. The topological polar surface area (TPSA) is 51.2 Å². The third-order valence-corrected chi connectivity index (χ3v) is 7.09. The maximum Gasteiger partial charge on any atom is 0.262 e. The Morgan fingerprint density at radius 1 is 0.938 bits per heavy atom. The number of hydrogen-bond acceptors (Lipinski definition) is 4. The summed E-state index contributed by atoms with van der Waals surface area (Å²) in [5.41, 5.74) is 2.44. The van der Waals surface area contributed by atoms with Gasteiger partial charge in [0, 0.05) is 14.5 Å². The molecule has 0 aliphatic heterocycles. The van der Waals surface area contributed by atoms with Crippen LogP contribution in [0.5, 0.6) is 5.75 Å². The minimum Gasteiger partial charge on any atom is -0.484 e. The average Bonchev–Trinajstić information content (AvgIpc) is 3.23. The number of benzene rings is 4. The summed E-state index contributed by atoms with van der Waals surface area (Å²) >= 11 is 8.71. The standard InChI is InChI=1S/C25H16Br2N2O2S/c26-17-12-19(25-28-21-7-3-4-8-22(21)32-25)24(20(27)13-17)29-23(30)14-31-18-10-9-15-5-1-2-6-16(15)11-18/h1-13H,14H2,(H,29,30). The van der Waals surface area contributed by atoms with Crippen LogP contribution in [-0.2, 0) is 4.79 Å². The van der Waals surface area contributed by atoms with E-state index in [1.807, 2.05) is 78.9 Å². The number of halogens is 2. The highest BCUT2D eigenvalue weighted by atomic mass is 79.9. The van der Waals surface area contributed by atoms with Gasteiger partial charge in [-0.25, -0.2) is 4.98 Å². The van der Waals surface area contributed by atoms with Gasteiger partial charge in [-0.2, -0.15) is 0 Å². The molecule has 0 unspecified atom stereocenters. The molecule has 0 spiro atoms. The summed E-state index contributed by atoms with van der Waals surface area (Å²) in [6.45, 7) is -0.0971. The van der Waals surface area contributed by atoms with E-state index in [-0.39, 0.29) is 12.5 Å². The molecular formula is C25H16Br2N2O2S. The van der Waals surface area contributed by atoms with Crippen molar-refractivity contribution >= 4 is 75.8 Å². The number of aromatic nitrogens is 1. The van der Waals surface area contributed by atoms with E-state index in [1.165, 1.54) is 0 Å². The van der Waals surface area contributed by atoms with Crippen molar-refractivity contribution < 1.29 is 9.53 Å². The van der Waals surface area contributed by atoms with Gasteiger partial charge in [-0.05, 0) is 63.1 Å². The third-order valence-electron chi connectivity index (χ3n) is 4.93. The Balaban J connectivity index is 1.38. The van der Waals surface area contributed by atoms with E-state index in [1.54, 1.807) is 11.3 Å². The molecule has 0 fully saturated rings. The van der Waals surface area contributed by atoms with E-state index in [9.17, 15) is 4.79 Å². The number of ether oxygens (including phenoxy) is 1.